The molecule has 0 aromatic heterocycles. The van der Waals surface area contributed by atoms with Gasteiger partial charge in [-0.15, -0.1) is 11.8 Å². The Labute approximate surface area is 139 Å². The van der Waals surface area contributed by atoms with Gasteiger partial charge in [0.25, 0.3) is 5.91 Å². The molecule has 2 rings (SSSR count). The van der Waals surface area contributed by atoms with Crippen molar-refractivity contribution in [2.24, 2.45) is 5.92 Å². The quantitative estimate of drug-likeness (QED) is 0.674. The van der Waals surface area contributed by atoms with Crippen molar-refractivity contribution in [3.63, 3.8) is 0 Å². The smallest absolute Gasteiger partial charge is 0.313 e. The van der Waals surface area contributed by atoms with Gasteiger partial charge in [0.05, 0.1) is 11.5 Å². The minimum atomic E-state index is -0.951. The van der Waals surface area contributed by atoms with Crippen molar-refractivity contribution in [2.75, 3.05) is 23.4 Å². The number of nitrogens with one attached hydrogen (secondary N) is 2. The highest BCUT2D eigenvalue weighted by atomic mass is 32.2. The zero-order valence-electron chi connectivity index (χ0n) is 12.9. The largest absolute Gasteiger partial charge is 0.481 e. The van der Waals surface area contributed by atoms with E-state index in [1.54, 1.807) is 18.2 Å². The second-order valence-corrected chi connectivity index (χ2v) is 6.60. The zero-order chi connectivity index (χ0) is 16.8. The number of aryl methyl sites for hydroxylation is 1. The SMILES string of the molecule is Cc1ccc(C(=O)NCC2CC2)cc1NC(=O)CSCC(=O)O. The van der Waals surface area contributed by atoms with Gasteiger partial charge in [-0.3, -0.25) is 14.4 Å². The van der Waals surface area contributed by atoms with E-state index in [1.807, 2.05) is 6.92 Å². The Kier molecular flexibility index (Phi) is 6.04. The third kappa shape index (κ3) is 5.94. The first-order valence-corrected chi connectivity index (χ1v) is 8.59. The van der Waals surface area contributed by atoms with Gasteiger partial charge >= 0.3 is 5.97 Å². The molecular formula is C16H20N2O4S. The minimum absolute atomic E-state index is 0.0594. The Morgan fingerprint density at radius 2 is 2.00 bits per heavy atom. The van der Waals surface area contributed by atoms with Crippen LogP contribution < -0.4 is 10.6 Å². The summed E-state index contributed by atoms with van der Waals surface area (Å²) in [6, 6.07) is 5.16. The fraction of sp³-hybridized carbons (Fsp3) is 0.438. The summed E-state index contributed by atoms with van der Waals surface area (Å²) in [6.07, 6.45) is 2.34. The molecule has 0 heterocycles. The van der Waals surface area contributed by atoms with E-state index in [0.717, 1.165) is 17.3 Å². The first kappa shape index (κ1) is 17.3. The third-order valence-corrected chi connectivity index (χ3v) is 4.40. The average Bonchev–Trinajstić information content (AvgIpc) is 3.31. The summed E-state index contributed by atoms with van der Waals surface area (Å²) < 4.78 is 0. The number of benzene rings is 1. The van der Waals surface area contributed by atoms with Crippen molar-refractivity contribution in [1.29, 1.82) is 0 Å². The fourth-order valence-corrected chi connectivity index (χ4v) is 2.51. The van der Waals surface area contributed by atoms with Crippen LogP contribution in [-0.2, 0) is 9.59 Å². The van der Waals surface area contributed by atoms with E-state index in [4.69, 9.17) is 5.11 Å². The Morgan fingerprint density at radius 3 is 2.65 bits per heavy atom. The van der Waals surface area contributed by atoms with E-state index in [1.165, 1.54) is 12.8 Å². The summed E-state index contributed by atoms with van der Waals surface area (Å²) in [5, 5.41) is 14.2. The molecule has 0 unspecified atom stereocenters. The number of thioether (sulfide) groups is 1. The molecule has 1 aromatic rings. The van der Waals surface area contributed by atoms with Crippen LogP contribution in [0.3, 0.4) is 0 Å². The van der Waals surface area contributed by atoms with E-state index in [9.17, 15) is 14.4 Å². The fourth-order valence-electron chi connectivity index (χ4n) is 1.98. The highest BCUT2D eigenvalue weighted by molar-refractivity contribution is 8.00. The van der Waals surface area contributed by atoms with Crippen LogP contribution >= 0.6 is 11.8 Å². The Bertz CT molecular complexity index is 614. The minimum Gasteiger partial charge on any atom is -0.481 e. The molecule has 1 saturated carbocycles. The van der Waals surface area contributed by atoms with Crippen LogP contribution in [0.1, 0.15) is 28.8 Å². The monoisotopic (exact) mass is 336 g/mol. The standard InChI is InChI=1S/C16H20N2O4S/c1-10-2-5-12(16(22)17-7-11-3-4-11)6-13(10)18-14(19)8-23-9-15(20)21/h2,5-6,11H,3-4,7-9H2,1H3,(H,17,22)(H,18,19)(H,20,21). The van der Waals surface area contributed by atoms with Gasteiger partial charge in [0.2, 0.25) is 5.91 Å². The number of aliphatic carboxylic acids is 1. The van der Waals surface area contributed by atoms with Crippen LogP contribution in [0.25, 0.3) is 0 Å². The molecular weight excluding hydrogens is 316 g/mol. The van der Waals surface area contributed by atoms with Gasteiger partial charge in [-0.05, 0) is 43.4 Å². The Morgan fingerprint density at radius 1 is 1.26 bits per heavy atom. The van der Waals surface area contributed by atoms with Crippen LogP contribution in [-0.4, -0.2) is 40.9 Å². The first-order chi connectivity index (χ1) is 11.0. The second kappa shape index (κ2) is 8.01. The maximum absolute atomic E-state index is 12.1. The van der Waals surface area contributed by atoms with Crippen LogP contribution in [0.4, 0.5) is 5.69 Å². The van der Waals surface area contributed by atoms with E-state index in [-0.39, 0.29) is 23.3 Å². The molecule has 2 amide bonds. The van der Waals surface area contributed by atoms with Gasteiger partial charge in [0.15, 0.2) is 0 Å². The molecule has 6 nitrogen and oxygen atoms in total. The lowest BCUT2D eigenvalue weighted by atomic mass is 10.1. The van der Waals surface area contributed by atoms with Gasteiger partial charge in [0, 0.05) is 17.8 Å². The summed E-state index contributed by atoms with van der Waals surface area (Å²) in [5.41, 5.74) is 1.93. The number of rotatable bonds is 8. The molecule has 1 aliphatic carbocycles. The topological polar surface area (TPSA) is 95.5 Å². The predicted octanol–water partition coefficient (Wildman–Crippen LogP) is 1.89. The van der Waals surface area contributed by atoms with Gasteiger partial charge in [-0.1, -0.05) is 6.07 Å². The average molecular weight is 336 g/mol. The van der Waals surface area contributed by atoms with Crippen molar-refractivity contribution in [1.82, 2.24) is 5.32 Å². The van der Waals surface area contributed by atoms with Crippen LogP contribution in [0.15, 0.2) is 18.2 Å². The molecule has 124 valence electrons. The van der Waals surface area contributed by atoms with Crippen molar-refractivity contribution in [3.05, 3.63) is 29.3 Å². The number of carboxylic acids is 1. The zero-order valence-corrected chi connectivity index (χ0v) is 13.7. The number of amides is 2. The van der Waals surface area contributed by atoms with Crippen LogP contribution in [0, 0.1) is 12.8 Å². The van der Waals surface area contributed by atoms with E-state index >= 15 is 0 Å². The van der Waals surface area contributed by atoms with E-state index in [2.05, 4.69) is 10.6 Å². The summed E-state index contributed by atoms with van der Waals surface area (Å²) in [4.78, 5) is 34.3. The first-order valence-electron chi connectivity index (χ1n) is 7.44. The van der Waals surface area contributed by atoms with Gasteiger partial charge in [-0.2, -0.15) is 0 Å². The molecule has 0 bridgehead atoms. The maximum Gasteiger partial charge on any atom is 0.313 e. The third-order valence-electron chi connectivity index (χ3n) is 3.48. The van der Waals surface area contributed by atoms with Crippen molar-refractivity contribution in [3.8, 4) is 0 Å². The summed E-state index contributed by atoms with van der Waals surface area (Å²) in [6.45, 7) is 2.53. The molecule has 0 aliphatic heterocycles. The van der Waals surface area contributed by atoms with E-state index < -0.39 is 5.97 Å². The predicted molar refractivity (Wildman–Crippen MR) is 89.8 cm³/mol. The lowest BCUT2D eigenvalue weighted by molar-refractivity contribution is -0.133. The molecule has 1 fully saturated rings. The van der Waals surface area contributed by atoms with Gasteiger partial charge < -0.3 is 15.7 Å². The van der Waals surface area contributed by atoms with E-state index in [0.29, 0.717) is 23.7 Å². The molecule has 0 radical (unpaired) electrons. The lowest BCUT2D eigenvalue weighted by Gasteiger charge is -2.11. The molecule has 1 aromatic carbocycles. The van der Waals surface area contributed by atoms with Gasteiger partial charge in [-0.25, -0.2) is 0 Å². The molecule has 0 saturated heterocycles. The Balaban J connectivity index is 1.91. The number of carbonyl (C=O) groups is 3. The second-order valence-electron chi connectivity index (χ2n) is 5.62. The molecule has 1 aliphatic rings. The molecule has 3 N–H and O–H groups in total. The molecule has 0 spiro atoms. The Hall–Kier alpha value is -2.02. The lowest BCUT2D eigenvalue weighted by Crippen LogP contribution is -2.25. The number of hydrogen-bond donors (Lipinski definition) is 3. The molecule has 0 atom stereocenters. The summed E-state index contributed by atoms with van der Waals surface area (Å²) >= 11 is 1.03. The van der Waals surface area contributed by atoms with Crippen molar-refractivity contribution < 1.29 is 19.5 Å². The maximum atomic E-state index is 12.1. The number of carbonyl (C=O) groups excluding carboxylic acids is 2. The number of anilines is 1. The number of carboxylic acid groups (broad SMARTS) is 1. The van der Waals surface area contributed by atoms with Crippen LogP contribution in [0.2, 0.25) is 0 Å². The number of hydrogen-bond acceptors (Lipinski definition) is 4. The molecule has 7 heteroatoms. The van der Waals surface area contributed by atoms with Gasteiger partial charge in [0.1, 0.15) is 0 Å². The summed E-state index contributed by atoms with van der Waals surface area (Å²) in [5.74, 6) is -0.828. The van der Waals surface area contributed by atoms with Crippen molar-refractivity contribution >= 4 is 35.2 Å². The molecule has 23 heavy (non-hydrogen) atoms. The normalized spacial score (nSPS) is 13.4. The van der Waals surface area contributed by atoms with Crippen molar-refractivity contribution in [2.45, 2.75) is 19.8 Å². The highest BCUT2D eigenvalue weighted by Gasteiger charge is 2.22. The van der Waals surface area contributed by atoms with Crippen LogP contribution in [0.5, 0.6) is 0 Å². The summed E-state index contributed by atoms with van der Waals surface area (Å²) in [7, 11) is 0. The highest BCUT2D eigenvalue weighted by Crippen LogP contribution is 2.27.